The molecule has 1 aromatic rings. The number of imide groups is 1. The van der Waals surface area contributed by atoms with E-state index in [0.717, 1.165) is 10.0 Å². The Kier molecular flexibility index (Phi) is 4.68. The second-order valence-corrected chi connectivity index (χ2v) is 7.65. The number of ether oxygens (including phenoxy) is 1. The van der Waals surface area contributed by atoms with Gasteiger partial charge in [-0.15, -0.1) is 0 Å². The number of nitrogens with zero attached hydrogens (tertiary/aromatic N) is 2. The molecule has 0 saturated carbocycles. The Hall–Kier alpha value is -1.44. The molecule has 1 N–H and O–H groups in total. The molecule has 0 radical (unpaired) electrons. The fourth-order valence-corrected chi connectivity index (χ4v) is 3.67. The van der Waals surface area contributed by atoms with Crippen molar-refractivity contribution in [3.63, 3.8) is 0 Å². The van der Waals surface area contributed by atoms with Gasteiger partial charge in [-0.2, -0.15) is 0 Å². The van der Waals surface area contributed by atoms with Gasteiger partial charge < -0.3 is 10.1 Å². The van der Waals surface area contributed by atoms with Crippen molar-refractivity contribution in [2.75, 3.05) is 19.8 Å². The lowest BCUT2D eigenvalue weighted by atomic mass is 9.92. The number of hydrogen-bond acceptors (Lipinski definition) is 4. The third-order valence-electron chi connectivity index (χ3n) is 4.53. The first-order valence-corrected chi connectivity index (χ1v) is 8.87. The van der Waals surface area contributed by atoms with Gasteiger partial charge in [0.2, 0.25) is 0 Å². The average Bonchev–Trinajstić information content (AvgIpc) is 2.71. The quantitative estimate of drug-likeness (QED) is 0.797. The fraction of sp³-hybridized carbons (Fsp3) is 0.529. The predicted molar refractivity (Wildman–Crippen MR) is 93.3 cm³/mol. The highest BCUT2D eigenvalue weighted by Gasteiger charge is 2.49. The minimum Gasteiger partial charge on any atom is -0.373 e. The Morgan fingerprint density at radius 3 is 2.38 bits per heavy atom. The number of halogens is 1. The molecule has 2 heterocycles. The van der Waals surface area contributed by atoms with E-state index in [1.807, 2.05) is 38.1 Å². The van der Waals surface area contributed by atoms with E-state index < -0.39 is 5.54 Å². The van der Waals surface area contributed by atoms with E-state index in [4.69, 9.17) is 4.74 Å². The van der Waals surface area contributed by atoms with Crippen molar-refractivity contribution in [3.05, 3.63) is 34.3 Å². The first kappa shape index (κ1) is 17.4. The van der Waals surface area contributed by atoms with Crippen LogP contribution in [-0.4, -0.2) is 53.7 Å². The summed E-state index contributed by atoms with van der Waals surface area (Å²) in [6.07, 6.45) is 0.180. The van der Waals surface area contributed by atoms with Crippen molar-refractivity contribution in [3.8, 4) is 0 Å². The second-order valence-electron chi connectivity index (χ2n) is 6.73. The van der Waals surface area contributed by atoms with E-state index in [1.165, 1.54) is 4.90 Å². The summed E-state index contributed by atoms with van der Waals surface area (Å²) in [6.45, 7) is 7.45. The maximum atomic E-state index is 12.9. The lowest BCUT2D eigenvalue weighted by Crippen LogP contribution is -2.51. The van der Waals surface area contributed by atoms with Crippen LogP contribution in [0.2, 0.25) is 0 Å². The maximum absolute atomic E-state index is 12.9. The average molecular weight is 396 g/mol. The third kappa shape index (κ3) is 3.20. The van der Waals surface area contributed by atoms with Gasteiger partial charge in [0.25, 0.3) is 5.91 Å². The molecule has 1 aromatic carbocycles. The Morgan fingerprint density at radius 2 is 1.79 bits per heavy atom. The number of rotatable bonds is 3. The van der Waals surface area contributed by atoms with Crippen LogP contribution in [0.1, 0.15) is 26.3 Å². The highest BCUT2D eigenvalue weighted by Crippen LogP contribution is 2.30. The van der Waals surface area contributed by atoms with E-state index >= 15 is 0 Å². The van der Waals surface area contributed by atoms with Gasteiger partial charge in [0.15, 0.2) is 0 Å². The topological polar surface area (TPSA) is 61.9 Å². The number of urea groups is 1. The standard InChI is InChI=1S/C17H22BrN3O3/c1-11-8-20(9-12(2)24-11)10-21-15(22)17(3,19-16(21)23)13-4-6-14(18)7-5-13/h4-7,11-12H,8-10H2,1-3H3,(H,19,23)/t11-,12+,17-/m1/s1. The van der Waals surface area contributed by atoms with Gasteiger partial charge in [-0.05, 0) is 38.5 Å². The zero-order valence-electron chi connectivity index (χ0n) is 14.1. The molecule has 3 rings (SSSR count). The van der Waals surface area contributed by atoms with Crippen molar-refractivity contribution in [2.45, 2.75) is 38.5 Å². The molecule has 7 heteroatoms. The molecular weight excluding hydrogens is 374 g/mol. The maximum Gasteiger partial charge on any atom is 0.326 e. The summed E-state index contributed by atoms with van der Waals surface area (Å²) in [4.78, 5) is 28.7. The van der Waals surface area contributed by atoms with Crippen molar-refractivity contribution < 1.29 is 14.3 Å². The molecule has 3 amide bonds. The molecule has 2 saturated heterocycles. The zero-order chi connectivity index (χ0) is 17.5. The van der Waals surface area contributed by atoms with E-state index in [0.29, 0.717) is 13.1 Å². The first-order valence-electron chi connectivity index (χ1n) is 8.07. The summed E-state index contributed by atoms with van der Waals surface area (Å²) in [5.41, 5.74) is -0.253. The van der Waals surface area contributed by atoms with Gasteiger partial charge in [-0.1, -0.05) is 28.1 Å². The highest BCUT2D eigenvalue weighted by atomic mass is 79.9. The number of hydrogen-bond donors (Lipinski definition) is 1. The first-order chi connectivity index (χ1) is 11.3. The summed E-state index contributed by atoms with van der Waals surface area (Å²) in [6, 6.07) is 7.09. The van der Waals surface area contributed by atoms with E-state index in [1.54, 1.807) is 6.92 Å². The predicted octanol–water partition coefficient (Wildman–Crippen LogP) is 2.28. The van der Waals surface area contributed by atoms with Gasteiger partial charge in [-0.3, -0.25) is 9.69 Å². The molecule has 0 aromatic heterocycles. The molecule has 0 bridgehead atoms. The van der Waals surface area contributed by atoms with Crippen LogP contribution in [0, 0.1) is 0 Å². The van der Waals surface area contributed by atoms with Crippen LogP contribution in [0.3, 0.4) is 0 Å². The van der Waals surface area contributed by atoms with Gasteiger partial charge >= 0.3 is 6.03 Å². The summed E-state index contributed by atoms with van der Waals surface area (Å²) in [5, 5.41) is 2.84. The summed E-state index contributed by atoms with van der Waals surface area (Å²) in [7, 11) is 0. The molecular formula is C17H22BrN3O3. The molecule has 2 aliphatic rings. The molecule has 2 aliphatic heterocycles. The van der Waals surface area contributed by atoms with Crippen LogP contribution in [-0.2, 0) is 15.1 Å². The van der Waals surface area contributed by atoms with Crippen LogP contribution in [0.5, 0.6) is 0 Å². The number of morpholine rings is 1. The van der Waals surface area contributed by atoms with Crippen molar-refractivity contribution in [2.24, 2.45) is 0 Å². The Labute approximate surface area is 150 Å². The van der Waals surface area contributed by atoms with Crippen LogP contribution < -0.4 is 5.32 Å². The SMILES string of the molecule is C[C@@H]1CN(CN2C(=O)N[C@](C)(c3ccc(Br)cc3)C2=O)C[C@H](C)O1. The van der Waals surface area contributed by atoms with Crippen LogP contribution in [0.25, 0.3) is 0 Å². The number of carbonyl (C=O) groups is 2. The molecule has 3 atom stereocenters. The largest absolute Gasteiger partial charge is 0.373 e. The third-order valence-corrected chi connectivity index (χ3v) is 5.06. The van der Waals surface area contributed by atoms with E-state index in [2.05, 4.69) is 26.1 Å². The lowest BCUT2D eigenvalue weighted by Gasteiger charge is -2.36. The van der Waals surface area contributed by atoms with Crippen molar-refractivity contribution in [1.29, 1.82) is 0 Å². The number of nitrogens with one attached hydrogen (secondary N) is 1. The summed E-state index contributed by atoms with van der Waals surface area (Å²) < 4.78 is 6.64. The van der Waals surface area contributed by atoms with Gasteiger partial charge in [-0.25, -0.2) is 9.69 Å². The highest BCUT2D eigenvalue weighted by molar-refractivity contribution is 9.10. The van der Waals surface area contributed by atoms with E-state index in [-0.39, 0.29) is 30.8 Å². The van der Waals surface area contributed by atoms with Gasteiger partial charge in [0, 0.05) is 17.6 Å². The number of benzene rings is 1. The molecule has 2 fully saturated rings. The molecule has 0 unspecified atom stereocenters. The molecule has 0 spiro atoms. The molecule has 24 heavy (non-hydrogen) atoms. The Balaban J connectivity index is 1.77. The van der Waals surface area contributed by atoms with Crippen molar-refractivity contribution >= 4 is 27.9 Å². The smallest absolute Gasteiger partial charge is 0.326 e. The van der Waals surface area contributed by atoms with E-state index in [9.17, 15) is 9.59 Å². The second kappa shape index (κ2) is 6.46. The normalized spacial score (nSPS) is 31.4. The van der Waals surface area contributed by atoms with Gasteiger partial charge in [0.05, 0.1) is 18.9 Å². The molecule has 6 nitrogen and oxygen atoms in total. The minimum atomic E-state index is -1.03. The van der Waals surface area contributed by atoms with Crippen LogP contribution in [0.15, 0.2) is 28.7 Å². The Bertz CT molecular complexity index is 641. The minimum absolute atomic E-state index is 0.0902. The Morgan fingerprint density at radius 1 is 1.21 bits per heavy atom. The number of carbonyl (C=O) groups excluding carboxylic acids is 2. The van der Waals surface area contributed by atoms with Crippen LogP contribution >= 0.6 is 15.9 Å². The summed E-state index contributed by atoms with van der Waals surface area (Å²) in [5.74, 6) is -0.221. The monoisotopic (exact) mass is 395 g/mol. The van der Waals surface area contributed by atoms with Gasteiger partial charge in [0.1, 0.15) is 5.54 Å². The fourth-order valence-electron chi connectivity index (χ4n) is 3.40. The summed E-state index contributed by atoms with van der Waals surface area (Å²) >= 11 is 3.39. The van der Waals surface area contributed by atoms with Crippen molar-refractivity contribution in [1.82, 2.24) is 15.1 Å². The zero-order valence-corrected chi connectivity index (χ0v) is 15.7. The number of amides is 3. The molecule has 0 aliphatic carbocycles. The molecule has 130 valence electrons. The van der Waals surface area contributed by atoms with Crippen LogP contribution in [0.4, 0.5) is 4.79 Å². The lowest BCUT2D eigenvalue weighted by molar-refractivity contribution is -0.135.